The molecule has 5 heteroatoms. The molecular weight excluding hydrogens is 230 g/mol. The number of hydrogen-bond acceptors (Lipinski definition) is 4. The number of carbonyl (C=O) groups excluding carboxylic acids is 1. The zero-order valence-electron chi connectivity index (χ0n) is 10.9. The summed E-state index contributed by atoms with van der Waals surface area (Å²) >= 11 is 0. The molecule has 2 heterocycles. The Morgan fingerprint density at radius 2 is 2.28 bits per heavy atom. The van der Waals surface area contributed by atoms with Crippen LogP contribution in [0, 0.1) is 12.8 Å². The molecule has 2 aromatic heterocycles. The van der Waals surface area contributed by atoms with Gasteiger partial charge in [0.25, 0.3) is 0 Å². The summed E-state index contributed by atoms with van der Waals surface area (Å²) in [5.41, 5.74) is 0.589. The highest BCUT2D eigenvalue weighted by molar-refractivity contribution is 5.96. The minimum Gasteiger partial charge on any atom is -0.469 e. The van der Waals surface area contributed by atoms with Gasteiger partial charge in [0.15, 0.2) is 5.78 Å². The highest BCUT2D eigenvalue weighted by Gasteiger charge is 2.14. The van der Waals surface area contributed by atoms with Crippen molar-refractivity contribution in [1.82, 2.24) is 14.8 Å². The van der Waals surface area contributed by atoms with E-state index in [0.717, 1.165) is 12.3 Å². The van der Waals surface area contributed by atoms with Crippen LogP contribution in [0.3, 0.4) is 0 Å². The first kappa shape index (κ1) is 12.5. The molecule has 0 aliphatic carbocycles. The van der Waals surface area contributed by atoms with Crippen molar-refractivity contribution >= 4 is 5.78 Å². The standard InChI is InChI=1S/C13H17N3O2/c1-9(2)6-16-13(14-8-15-16)5-12(17)11-4-10(3)18-7-11/h4,7-9H,5-6H2,1-3H3. The molecule has 0 atom stereocenters. The summed E-state index contributed by atoms with van der Waals surface area (Å²) in [7, 11) is 0. The molecule has 0 saturated heterocycles. The van der Waals surface area contributed by atoms with Gasteiger partial charge in [-0.25, -0.2) is 9.67 Å². The summed E-state index contributed by atoms with van der Waals surface area (Å²) in [4.78, 5) is 16.2. The quantitative estimate of drug-likeness (QED) is 0.760. The van der Waals surface area contributed by atoms with E-state index in [9.17, 15) is 4.79 Å². The van der Waals surface area contributed by atoms with Crippen molar-refractivity contribution in [3.63, 3.8) is 0 Å². The number of Topliss-reactive ketones (excluding diaryl/α,β-unsaturated/α-hetero) is 1. The molecule has 5 nitrogen and oxygen atoms in total. The summed E-state index contributed by atoms with van der Waals surface area (Å²) in [5, 5.41) is 4.14. The highest BCUT2D eigenvalue weighted by Crippen LogP contribution is 2.10. The Morgan fingerprint density at radius 1 is 1.50 bits per heavy atom. The lowest BCUT2D eigenvalue weighted by Crippen LogP contribution is -2.14. The molecule has 0 aliphatic rings. The van der Waals surface area contributed by atoms with Crippen LogP contribution < -0.4 is 0 Å². The van der Waals surface area contributed by atoms with Gasteiger partial charge in [-0.3, -0.25) is 4.79 Å². The molecule has 0 aliphatic heterocycles. The molecule has 2 rings (SSSR count). The zero-order chi connectivity index (χ0) is 13.1. The topological polar surface area (TPSA) is 60.9 Å². The molecule has 0 unspecified atom stereocenters. The van der Waals surface area contributed by atoms with E-state index in [2.05, 4.69) is 23.9 Å². The number of carbonyl (C=O) groups is 1. The van der Waals surface area contributed by atoms with Gasteiger partial charge in [-0.15, -0.1) is 0 Å². The fraction of sp³-hybridized carbons (Fsp3) is 0.462. The van der Waals surface area contributed by atoms with Crippen LogP contribution in [0.25, 0.3) is 0 Å². The van der Waals surface area contributed by atoms with Gasteiger partial charge in [0.2, 0.25) is 0 Å². The third kappa shape index (κ3) is 2.85. The molecule has 2 aromatic rings. The summed E-state index contributed by atoms with van der Waals surface area (Å²) in [6, 6.07) is 1.74. The summed E-state index contributed by atoms with van der Waals surface area (Å²) in [6.07, 6.45) is 3.23. The molecule has 0 radical (unpaired) electrons. The van der Waals surface area contributed by atoms with Gasteiger partial charge in [0, 0.05) is 6.54 Å². The predicted octanol–water partition coefficient (Wildman–Crippen LogP) is 2.26. The third-order valence-electron chi connectivity index (χ3n) is 2.61. The van der Waals surface area contributed by atoms with Gasteiger partial charge in [0.05, 0.1) is 12.0 Å². The molecule has 18 heavy (non-hydrogen) atoms. The second-order valence-electron chi connectivity index (χ2n) is 4.80. The van der Waals surface area contributed by atoms with Crippen LogP contribution in [-0.2, 0) is 13.0 Å². The molecule has 0 amide bonds. The van der Waals surface area contributed by atoms with Gasteiger partial charge < -0.3 is 4.42 Å². The van der Waals surface area contributed by atoms with Gasteiger partial charge in [-0.2, -0.15) is 5.10 Å². The molecule has 0 N–H and O–H groups in total. The summed E-state index contributed by atoms with van der Waals surface area (Å²) in [6.45, 7) is 6.80. The van der Waals surface area contributed by atoms with Crippen LogP contribution in [0.2, 0.25) is 0 Å². The number of aryl methyl sites for hydroxylation is 1. The highest BCUT2D eigenvalue weighted by atomic mass is 16.3. The van der Waals surface area contributed by atoms with Crippen LogP contribution in [0.1, 0.15) is 35.8 Å². The van der Waals surface area contributed by atoms with E-state index in [-0.39, 0.29) is 12.2 Å². The van der Waals surface area contributed by atoms with E-state index < -0.39 is 0 Å². The van der Waals surface area contributed by atoms with Crippen molar-refractivity contribution in [3.05, 3.63) is 35.8 Å². The van der Waals surface area contributed by atoms with Crippen molar-refractivity contribution in [2.45, 2.75) is 33.7 Å². The Kier molecular flexibility index (Phi) is 3.60. The van der Waals surface area contributed by atoms with E-state index in [4.69, 9.17) is 4.42 Å². The van der Waals surface area contributed by atoms with Crippen molar-refractivity contribution in [2.24, 2.45) is 5.92 Å². The number of nitrogens with zero attached hydrogens (tertiary/aromatic N) is 3. The average Bonchev–Trinajstić information content (AvgIpc) is 2.88. The van der Waals surface area contributed by atoms with Crippen molar-refractivity contribution in [2.75, 3.05) is 0 Å². The Hall–Kier alpha value is -1.91. The molecule has 0 saturated carbocycles. The number of hydrogen-bond donors (Lipinski definition) is 0. The summed E-state index contributed by atoms with van der Waals surface area (Å²) < 4.78 is 6.92. The molecule has 0 fully saturated rings. The lowest BCUT2D eigenvalue weighted by molar-refractivity contribution is 0.0988. The lowest BCUT2D eigenvalue weighted by atomic mass is 10.1. The fourth-order valence-corrected chi connectivity index (χ4v) is 1.76. The maximum absolute atomic E-state index is 12.0. The Morgan fingerprint density at radius 3 is 2.89 bits per heavy atom. The normalized spacial score (nSPS) is 11.1. The maximum Gasteiger partial charge on any atom is 0.173 e. The van der Waals surface area contributed by atoms with E-state index in [1.165, 1.54) is 12.6 Å². The minimum atomic E-state index is 0.00450. The van der Waals surface area contributed by atoms with Crippen LogP contribution in [-0.4, -0.2) is 20.5 Å². The van der Waals surface area contributed by atoms with Gasteiger partial charge in [-0.1, -0.05) is 13.8 Å². The third-order valence-corrected chi connectivity index (χ3v) is 2.61. The Labute approximate surface area is 106 Å². The van der Waals surface area contributed by atoms with Crippen LogP contribution in [0.4, 0.5) is 0 Å². The smallest absolute Gasteiger partial charge is 0.173 e. The minimum absolute atomic E-state index is 0.00450. The fourth-order valence-electron chi connectivity index (χ4n) is 1.76. The van der Waals surface area contributed by atoms with Crippen LogP contribution in [0.5, 0.6) is 0 Å². The van der Waals surface area contributed by atoms with Crippen molar-refractivity contribution in [3.8, 4) is 0 Å². The molecule has 0 bridgehead atoms. The number of rotatable bonds is 5. The van der Waals surface area contributed by atoms with Gasteiger partial charge >= 0.3 is 0 Å². The van der Waals surface area contributed by atoms with E-state index >= 15 is 0 Å². The molecule has 0 spiro atoms. The SMILES string of the molecule is Cc1cc(C(=O)Cc2ncnn2CC(C)C)co1. The van der Waals surface area contributed by atoms with Crippen LogP contribution in [0.15, 0.2) is 23.1 Å². The van der Waals surface area contributed by atoms with Gasteiger partial charge in [-0.05, 0) is 18.9 Å². The first-order chi connectivity index (χ1) is 8.56. The molecule has 96 valence electrons. The van der Waals surface area contributed by atoms with E-state index in [0.29, 0.717) is 17.3 Å². The number of aromatic nitrogens is 3. The maximum atomic E-state index is 12.0. The monoisotopic (exact) mass is 247 g/mol. The van der Waals surface area contributed by atoms with Gasteiger partial charge in [0.1, 0.15) is 24.2 Å². The largest absolute Gasteiger partial charge is 0.469 e. The first-order valence-electron chi connectivity index (χ1n) is 6.01. The van der Waals surface area contributed by atoms with Crippen molar-refractivity contribution in [1.29, 1.82) is 0 Å². The Bertz CT molecular complexity index is 540. The first-order valence-corrected chi connectivity index (χ1v) is 6.01. The predicted molar refractivity (Wildman–Crippen MR) is 66.3 cm³/mol. The lowest BCUT2D eigenvalue weighted by Gasteiger charge is -2.07. The molecule has 0 aromatic carbocycles. The number of ketones is 1. The average molecular weight is 247 g/mol. The molecular formula is C13H17N3O2. The van der Waals surface area contributed by atoms with E-state index in [1.54, 1.807) is 10.7 Å². The second kappa shape index (κ2) is 5.16. The van der Waals surface area contributed by atoms with Crippen LogP contribution >= 0.6 is 0 Å². The number of furan rings is 1. The summed E-state index contributed by atoms with van der Waals surface area (Å²) in [5.74, 6) is 1.91. The second-order valence-corrected chi connectivity index (χ2v) is 4.80. The Balaban J connectivity index is 2.10. The zero-order valence-corrected chi connectivity index (χ0v) is 10.9. The van der Waals surface area contributed by atoms with Crippen molar-refractivity contribution < 1.29 is 9.21 Å². The van der Waals surface area contributed by atoms with E-state index in [1.807, 2.05) is 6.92 Å².